The Bertz CT molecular complexity index is 1100. The predicted octanol–water partition coefficient (Wildman–Crippen LogP) is -1.10. The Balaban J connectivity index is 1.96. The molecule has 0 amide bonds. The molecule has 0 saturated heterocycles. The smallest absolute Gasteiger partial charge is 0.304 e. The van der Waals surface area contributed by atoms with Crippen molar-refractivity contribution < 1.29 is 30.9 Å². The fourth-order valence-corrected chi connectivity index (χ4v) is 3.95. The van der Waals surface area contributed by atoms with Crippen molar-refractivity contribution in [3.63, 3.8) is 0 Å². The van der Waals surface area contributed by atoms with Crippen LogP contribution in [0.1, 0.15) is 11.1 Å². The molecule has 6 nitrogen and oxygen atoms in total. The molecule has 2 aromatic carbocycles. The van der Waals surface area contributed by atoms with Crippen LogP contribution in [0.2, 0.25) is 0 Å². The van der Waals surface area contributed by atoms with Crippen molar-refractivity contribution in [1.82, 2.24) is 0 Å². The summed E-state index contributed by atoms with van der Waals surface area (Å²) in [5.74, 6) is -4.14. The Morgan fingerprint density at radius 1 is 1.07 bits per heavy atom. The largest absolute Gasteiger partial charge is 0.467 e. The highest BCUT2D eigenvalue weighted by Gasteiger charge is 2.51. The Hall–Kier alpha value is -2.75. The second-order valence-electron chi connectivity index (χ2n) is 7.23. The van der Waals surface area contributed by atoms with E-state index in [1.807, 2.05) is 0 Å². The maximum atomic E-state index is 13.6. The Morgan fingerprint density at radius 3 is 2.17 bits per heavy atom. The third-order valence-electron chi connectivity index (χ3n) is 4.88. The minimum atomic E-state index is -4.40. The second kappa shape index (κ2) is 6.94. The van der Waals surface area contributed by atoms with Gasteiger partial charge in [-0.2, -0.15) is 8.42 Å². The molecule has 29 heavy (non-hydrogen) atoms. The second-order valence-corrected chi connectivity index (χ2v) is 9.33. The summed E-state index contributed by atoms with van der Waals surface area (Å²) in [6.07, 6.45) is 0. The van der Waals surface area contributed by atoms with Crippen LogP contribution in [0.25, 0.3) is 0 Å². The fourth-order valence-electron chi connectivity index (χ4n) is 2.94. The number of hydrogen-bond acceptors (Lipinski definition) is 6. The molecule has 1 unspecified atom stereocenters. The average Bonchev–Trinajstić information content (AvgIpc) is 2.85. The van der Waals surface area contributed by atoms with Crippen LogP contribution in [-0.2, 0) is 33.9 Å². The minimum Gasteiger partial charge on any atom is -0.467 e. The van der Waals surface area contributed by atoms with Gasteiger partial charge in [0, 0.05) is 6.07 Å². The number of rotatable bonds is 5. The molecule has 0 aliphatic carbocycles. The standard InChI is InChI=1S/C17H16B3F2NO5S/c18-16(10-6-11(21)8-12(22)7-10)14(24)13(15(23)27-16)28-29(25,26)17(19,20)9-4-2-1-3-5-9/h1-8H,18-20,23H2. The SMILES string of the molecule is BC1(c2cc(F)cc(F)c2)OC(N)=C(OS(=O)(=O)C(B)(B)c2ccccc2)C1=O. The number of ether oxygens (including phenoxy) is 1. The summed E-state index contributed by atoms with van der Waals surface area (Å²) < 4.78 is 61.9. The molecule has 0 bridgehead atoms. The van der Waals surface area contributed by atoms with Crippen molar-refractivity contribution in [2.75, 3.05) is 0 Å². The summed E-state index contributed by atoms with van der Waals surface area (Å²) in [7, 11) is -0.349. The van der Waals surface area contributed by atoms with Gasteiger partial charge in [-0.3, -0.25) is 4.79 Å². The van der Waals surface area contributed by atoms with Crippen LogP contribution < -0.4 is 5.73 Å². The van der Waals surface area contributed by atoms with Crippen LogP contribution in [0, 0.1) is 11.6 Å². The number of carbonyl (C=O) groups excluding carboxylic acids is 1. The molecule has 0 saturated carbocycles. The zero-order chi connectivity index (χ0) is 21.6. The quantitative estimate of drug-likeness (QED) is 0.491. The molecule has 0 spiro atoms. The molecule has 12 heteroatoms. The number of Topliss-reactive ketones (excluding diaryl/α,β-unsaturated/α-hetero) is 1. The molecule has 1 aliphatic heterocycles. The number of hydrogen-bond donors (Lipinski definition) is 1. The van der Waals surface area contributed by atoms with Crippen molar-refractivity contribution in [3.05, 3.63) is 82.9 Å². The molecule has 0 aromatic heterocycles. The van der Waals surface area contributed by atoms with E-state index in [2.05, 4.69) is 0 Å². The highest BCUT2D eigenvalue weighted by Crippen LogP contribution is 2.38. The van der Waals surface area contributed by atoms with E-state index in [1.54, 1.807) is 30.3 Å². The van der Waals surface area contributed by atoms with Crippen LogP contribution in [0.15, 0.2) is 60.2 Å². The zero-order valence-electron chi connectivity index (χ0n) is 15.9. The number of carbonyl (C=O) groups is 1. The first-order chi connectivity index (χ1) is 13.4. The van der Waals surface area contributed by atoms with Gasteiger partial charge in [0.2, 0.25) is 17.4 Å². The molecule has 3 rings (SSSR count). The molecule has 148 valence electrons. The van der Waals surface area contributed by atoms with Gasteiger partial charge in [0.25, 0.3) is 0 Å². The van der Waals surface area contributed by atoms with E-state index in [9.17, 15) is 22.0 Å². The molecular weight excluding hydrogens is 401 g/mol. The first-order valence-corrected chi connectivity index (χ1v) is 9.99. The van der Waals surface area contributed by atoms with Gasteiger partial charge in [0.1, 0.15) is 27.3 Å². The van der Waals surface area contributed by atoms with E-state index in [0.717, 1.165) is 12.1 Å². The van der Waals surface area contributed by atoms with E-state index in [4.69, 9.17) is 14.7 Å². The normalized spacial score (nSPS) is 19.9. The molecule has 1 heterocycles. The van der Waals surface area contributed by atoms with E-state index >= 15 is 0 Å². The lowest BCUT2D eigenvalue weighted by Crippen LogP contribution is -2.40. The van der Waals surface area contributed by atoms with Crippen molar-refractivity contribution in [2.45, 2.75) is 10.0 Å². The predicted molar refractivity (Wildman–Crippen MR) is 109 cm³/mol. The monoisotopic (exact) mass is 417 g/mol. The van der Waals surface area contributed by atoms with Gasteiger partial charge in [-0.25, -0.2) is 8.78 Å². The molecule has 2 aromatic rings. The topological polar surface area (TPSA) is 95.7 Å². The van der Waals surface area contributed by atoms with Gasteiger partial charge in [0.05, 0.1) is 4.55 Å². The lowest BCUT2D eigenvalue weighted by molar-refractivity contribution is -0.126. The van der Waals surface area contributed by atoms with Crippen LogP contribution >= 0.6 is 0 Å². The summed E-state index contributed by atoms with van der Waals surface area (Å²) in [5, 5.41) is 0. The minimum absolute atomic E-state index is 0.165. The summed E-state index contributed by atoms with van der Waals surface area (Å²) in [6, 6.07) is 10.7. The zero-order valence-corrected chi connectivity index (χ0v) is 16.7. The van der Waals surface area contributed by atoms with Crippen LogP contribution in [0.4, 0.5) is 8.78 Å². The van der Waals surface area contributed by atoms with Gasteiger partial charge in [-0.05, 0) is 23.3 Å². The van der Waals surface area contributed by atoms with E-state index in [0.29, 0.717) is 11.6 Å². The van der Waals surface area contributed by atoms with Crippen molar-refractivity contribution in [3.8, 4) is 0 Å². The molecule has 1 atom stereocenters. The first kappa shape index (κ1) is 21.0. The van der Waals surface area contributed by atoms with Gasteiger partial charge >= 0.3 is 10.1 Å². The van der Waals surface area contributed by atoms with Crippen molar-refractivity contribution in [1.29, 1.82) is 0 Å². The Kier molecular flexibility index (Phi) is 5.02. The summed E-state index contributed by atoms with van der Waals surface area (Å²) >= 11 is 0. The molecular formula is C17H16B3F2NO5S. The average molecular weight is 417 g/mol. The van der Waals surface area contributed by atoms with E-state index in [-0.39, 0.29) is 5.56 Å². The Morgan fingerprint density at radius 2 is 1.62 bits per heavy atom. The molecule has 0 radical (unpaired) electrons. The molecule has 2 N–H and O–H groups in total. The Labute approximate surface area is 169 Å². The maximum Gasteiger partial charge on any atom is 0.304 e. The maximum absolute atomic E-state index is 13.6. The van der Waals surface area contributed by atoms with E-state index in [1.165, 1.54) is 23.5 Å². The lowest BCUT2D eigenvalue weighted by atomic mass is 9.65. The fraction of sp³-hybridized carbons (Fsp3) is 0.118. The van der Waals surface area contributed by atoms with Crippen LogP contribution in [-0.4, -0.2) is 37.7 Å². The van der Waals surface area contributed by atoms with E-state index < -0.39 is 49.2 Å². The van der Waals surface area contributed by atoms with Gasteiger partial charge in [0.15, 0.2) is 13.3 Å². The highest BCUT2D eigenvalue weighted by atomic mass is 32.2. The van der Waals surface area contributed by atoms with Gasteiger partial charge in [-0.1, -0.05) is 30.3 Å². The number of benzene rings is 2. The summed E-state index contributed by atoms with van der Waals surface area (Å²) in [5.41, 5.74) is 4.04. The van der Waals surface area contributed by atoms with Crippen LogP contribution in [0.3, 0.4) is 0 Å². The summed E-state index contributed by atoms with van der Waals surface area (Å²) in [6.45, 7) is 0. The molecule has 0 fully saturated rings. The third kappa shape index (κ3) is 3.52. The lowest BCUT2D eigenvalue weighted by Gasteiger charge is -2.26. The highest BCUT2D eigenvalue weighted by molar-refractivity contribution is 7.90. The van der Waals surface area contributed by atoms with Crippen molar-refractivity contribution in [2.24, 2.45) is 5.73 Å². The first-order valence-electron chi connectivity index (χ1n) is 8.58. The van der Waals surface area contributed by atoms with Gasteiger partial charge < -0.3 is 14.7 Å². The number of halogens is 2. The number of ketones is 1. The number of nitrogens with two attached hydrogens (primary N) is 1. The van der Waals surface area contributed by atoms with Crippen molar-refractivity contribution >= 4 is 39.4 Å². The third-order valence-corrected chi connectivity index (χ3v) is 6.75. The van der Waals surface area contributed by atoms with Gasteiger partial charge in [-0.15, -0.1) is 0 Å². The van der Waals surface area contributed by atoms with Crippen LogP contribution in [0.5, 0.6) is 0 Å². The molecule has 1 aliphatic rings. The summed E-state index contributed by atoms with van der Waals surface area (Å²) in [4.78, 5) is 12.9.